The molecule has 0 spiro atoms. The van der Waals surface area contributed by atoms with E-state index in [1.807, 2.05) is 13.8 Å². The van der Waals surface area contributed by atoms with Gasteiger partial charge in [-0.1, -0.05) is 13.3 Å². The van der Waals surface area contributed by atoms with Gasteiger partial charge in [-0.2, -0.15) is 0 Å². The first-order valence-corrected chi connectivity index (χ1v) is 9.23. The van der Waals surface area contributed by atoms with Crippen LogP contribution in [0.15, 0.2) is 18.3 Å². The van der Waals surface area contributed by atoms with E-state index < -0.39 is 0 Å². The van der Waals surface area contributed by atoms with Crippen LogP contribution in [0.3, 0.4) is 0 Å². The SMILES string of the molecule is CCCCC(=O)N(C)c1c(C)nc2ccc(C(=O)N3CCNC(=O)C3)cn12. The van der Waals surface area contributed by atoms with Crippen molar-refractivity contribution < 1.29 is 14.4 Å². The molecule has 8 heteroatoms. The summed E-state index contributed by atoms with van der Waals surface area (Å²) in [4.78, 5) is 44.4. The van der Waals surface area contributed by atoms with E-state index in [1.54, 1.807) is 34.7 Å². The first-order chi connectivity index (χ1) is 12.9. The van der Waals surface area contributed by atoms with Crippen molar-refractivity contribution in [3.05, 3.63) is 29.6 Å². The molecule has 1 N–H and O–H groups in total. The smallest absolute Gasteiger partial charge is 0.255 e. The van der Waals surface area contributed by atoms with Crippen LogP contribution in [0.2, 0.25) is 0 Å². The Balaban J connectivity index is 1.93. The standard InChI is InChI=1S/C19H25N5O3/c1-4-5-6-17(26)22(3)18-13(2)21-15-8-7-14(11-24(15)18)19(27)23-10-9-20-16(25)12-23/h7-8,11H,4-6,9-10,12H2,1-3H3,(H,20,25). The Hall–Kier alpha value is -2.90. The number of piperazine rings is 1. The van der Waals surface area contributed by atoms with E-state index in [4.69, 9.17) is 0 Å². The normalized spacial score (nSPS) is 14.3. The van der Waals surface area contributed by atoms with Crippen molar-refractivity contribution in [2.24, 2.45) is 0 Å². The predicted molar refractivity (Wildman–Crippen MR) is 102 cm³/mol. The minimum atomic E-state index is -0.205. The molecule has 3 amide bonds. The van der Waals surface area contributed by atoms with Gasteiger partial charge < -0.3 is 10.2 Å². The van der Waals surface area contributed by atoms with Gasteiger partial charge in [0.2, 0.25) is 11.8 Å². The zero-order chi connectivity index (χ0) is 19.6. The molecule has 1 aliphatic rings. The van der Waals surface area contributed by atoms with E-state index in [0.29, 0.717) is 36.5 Å². The maximum Gasteiger partial charge on any atom is 0.255 e. The number of aryl methyl sites for hydroxylation is 1. The van der Waals surface area contributed by atoms with Crippen LogP contribution in [0.25, 0.3) is 5.65 Å². The molecule has 0 radical (unpaired) electrons. The lowest BCUT2D eigenvalue weighted by molar-refractivity contribution is -0.123. The van der Waals surface area contributed by atoms with Crippen molar-refractivity contribution in [3.63, 3.8) is 0 Å². The lowest BCUT2D eigenvalue weighted by Gasteiger charge is -2.26. The first-order valence-electron chi connectivity index (χ1n) is 9.23. The summed E-state index contributed by atoms with van der Waals surface area (Å²) in [6, 6.07) is 3.47. The molecule has 3 rings (SSSR count). The van der Waals surface area contributed by atoms with Crippen LogP contribution in [-0.2, 0) is 9.59 Å². The summed E-state index contributed by atoms with van der Waals surface area (Å²) >= 11 is 0. The lowest BCUT2D eigenvalue weighted by atomic mass is 10.2. The van der Waals surface area contributed by atoms with Gasteiger partial charge in [-0.25, -0.2) is 4.98 Å². The monoisotopic (exact) mass is 371 g/mol. The number of anilines is 1. The molecule has 0 unspecified atom stereocenters. The predicted octanol–water partition coefficient (Wildman–Crippen LogP) is 1.37. The van der Waals surface area contributed by atoms with Crippen molar-refractivity contribution in [1.82, 2.24) is 19.6 Å². The van der Waals surface area contributed by atoms with Crippen LogP contribution in [0, 0.1) is 6.92 Å². The van der Waals surface area contributed by atoms with Crippen LogP contribution in [0.1, 0.15) is 42.2 Å². The Morgan fingerprint density at radius 1 is 1.33 bits per heavy atom. The molecule has 1 saturated heterocycles. The highest BCUT2D eigenvalue weighted by Gasteiger charge is 2.24. The molecule has 0 bridgehead atoms. The molecule has 0 aromatic carbocycles. The molecule has 1 fully saturated rings. The van der Waals surface area contributed by atoms with Crippen molar-refractivity contribution in [3.8, 4) is 0 Å². The number of nitrogens with zero attached hydrogens (tertiary/aromatic N) is 4. The third-order valence-corrected chi connectivity index (χ3v) is 4.77. The number of rotatable bonds is 5. The molecule has 1 aliphatic heterocycles. The third kappa shape index (κ3) is 3.79. The maximum absolute atomic E-state index is 12.8. The molecule has 27 heavy (non-hydrogen) atoms. The fourth-order valence-electron chi connectivity index (χ4n) is 3.29. The highest BCUT2D eigenvalue weighted by atomic mass is 16.2. The van der Waals surface area contributed by atoms with Crippen LogP contribution in [-0.4, -0.2) is 58.7 Å². The van der Waals surface area contributed by atoms with Crippen LogP contribution >= 0.6 is 0 Å². The number of unbranched alkanes of at least 4 members (excludes halogenated alkanes) is 1. The highest BCUT2D eigenvalue weighted by Crippen LogP contribution is 2.23. The molecule has 3 heterocycles. The summed E-state index contributed by atoms with van der Waals surface area (Å²) < 4.78 is 1.77. The molecule has 0 saturated carbocycles. The lowest BCUT2D eigenvalue weighted by Crippen LogP contribution is -2.50. The van der Waals surface area contributed by atoms with Crippen molar-refractivity contribution in [2.75, 3.05) is 31.6 Å². The summed E-state index contributed by atoms with van der Waals surface area (Å²) in [5.74, 6) is 0.323. The number of carbonyl (C=O) groups is 3. The molecule has 0 aliphatic carbocycles. The van der Waals surface area contributed by atoms with Gasteiger partial charge in [0.25, 0.3) is 5.91 Å². The van der Waals surface area contributed by atoms with Gasteiger partial charge in [0.1, 0.15) is 11.5 Å². The summed E-state index contributed by atoms with van der Waals surface area (Å²) in [6.07, 6.45) is 3.96. The van der Waals surface area contributed by atoms with Crippen LogP contribution in [0.5, 0.6) is 0 Å². The van der Waals surface area contributed by atoms with E-state index in [1.165, 1.54) is 4.90 Å². The van der Waals surface area contributed by atoms with Gasteiger partial charge >= 0.3 is 0 Å². The van der Waals surface area contributed by atoms with E-state index in [-0.39, 0.29) is 24.3 Å². The average Bonchev–Trinajstić information content (AvgIpc) is 2.99. The minimum absolute atomic E-state index is 0.0196. The minimum Gasteiger partial charge on any atom is -0.353 e. The Labute approximate surface area is 158 Å². The molecule has 0 atom stereocenters. The van der Waals surface area contributed by atoms with Gasteiger partial charge in [0.05, 0.1) is 17.8 Å². The Morgan fingerprint density at radius 3 is 2.81 bits per heavy atom. The molecular formula is C19H25N5O3. The molecule has 8 nitrogen and oxygen atoms in total. The third-order valence-electron chi connectivity index (χ3n) is 4.77. The molecule has 144 valence electrons. The van der Waals surface area contributed by atoms with Gasteiger partial charge in [0, 0.05) is 32.8 Å². The molecule has 2 aromatic heterocycles. The fraction of sp³-hybridized carbons (Fsp3) is 0.474. The largest absolute Gasteiger partial charge is 0.353 e. The van der Waals surface area contributed by atoms with Gasteiger partial charge in [0.15, 0.2) is 0 Å². The number of nitrogens with one attached hydrogen (secondary N) is 1. The van der Waals surface area contributed by atoms with E-state index >= 15 is 0 Å². The quantitative estimate of drug-likeness (QED) is 0.860. The molecule has 2 aromatic rings. The molecular weight excluding hydrogens is 346 g/mol. The van der Waals surface area contributed by atoms with Gasteiger partial charge in [-0.15, -0.1) is 0 Å². The number of hydrogen-bond donors (Lipinski definition) is 1. The Bertz CT molecular complexity index is 889. The Morgan fingerprint density at radius 2 is 2.11 bits per heavy atom. The topological polar surface area (TPSA) is 87.0 Å². The maximum atomic E-state index is 12.8. The van der Waals surface area contributed by atoms with Gasteiger partial charge in [-0.3, -0.25) is 23.7 Å². The zero-order valence-electron chi connectivity index (χ0n) is 16.0. The van der Waals surface area contributed by atoms with Gasteiger partial charge in [-0.05, 0) is 25.5 Å². The van der Waals surface area contributed by atoms with Crippen LogP contribution < -0.4 is 10.2 Å². The number of amides is 3. The number of imidazole rings is 1. The second kappa shape index (κ2) is 7.77. The van der Waals surface area contributed by atoms with Crippen molar-refractivity contribution in [1.29, 1.82) is 0 Å². The van der Waals surface area contributed by atoms with E-state index in [2.05, 4.69) is 10.3 Å². The summed E-state index contributed by atoms with van der Waals surface area (Å²) in [5, 5.41) is 2.71. The average molecular weight is 371 g/mol. The number of aromatic nitrogens is 2. The van der Waals surface area contributed by atoms with E-state index in [0.717, 1.165) is 18.5 Å². The highest BCUT2D eigenvalue weighted by molar-refractivity contribution is 5.97. The van der Waals surface area contributed by atoms with E-state index in [9.17, 15) is 14.4 Å². The summed E-state index contributed by atoms with van der Waals surface area (Å²) in [5.41, 5.74) is 1.86. The second-order valence-electron chi connectivity index (χ2n) is 6.80. The number of carbonyl (C=O) groups excluding carboxylic acids is 3. The number of fused-ring (bicyclic) bond motifs is 1. The zero-order valence-corrected chi connectivity index (χ0v) is 16.0. The number of hydrogen-bond acceptors (Lipinski definition) is 4. The Kier molecular flexibility index (Phi) is 5.43. The van der Waals surface area contributed by atoms with Crippen molar-refractivity contribution in [2.45, 2.75) is 33.1 Å². The fourth-order valence-corrected chi connectivity index (χ4v) is 3.29. The van der Waals surface area contributed by atoms with Crippen molar-refractivity contribution >= 4 is 29.2 Å². The number of pyridine rings is 1. The first kappa shape index (κ1) is 18.9. The van der Waals surface area contributed by atoms with Crippen LogP contribution in [0.4, 0.5) is 5.82 Å². The second-order valence-corrected chi connectivity index (χ2v) is 6.80. The summed E-state index contributed by atoms with van der Waals surface area (Å²) in [7, 11) is 1.73. The summed E-state index contributed by atoms with van der Waals surface area (Å²) in [6.45, 7) is 4.89.